The zero-order valence-corrected chi connectivity index (χ0v) is 12.9. The Kier molecular flexibility index (Phi) is 4.15. The first-order valence-corrected chi connectivity index (χ1v) is 7.76. The lowest BCUT2D eigenvalue weighted by Gasteiger charge is -2.44. The molecular formula is C14H17Cl2N3O2. The van der Waals surface area contributed by atoms with Gasteiger partial charge in [-0.1, -0.05) is 23.2 Å². The van der Waals surface area contributed by atoms with Crippen molar-refractivity contribution in [3.05, 3.63) is 22.2 Å². The maximum atomic E-state index is 12.1. The van der Waals surface area contributed by atoms with Crippen LogP contribution in [-0.2, 0) is 0 Å². The van der Waals surface area contributed by atoms with Crippen molar-refractivity contribution < 1.29 is 9.90 Å². The van der Waals surface area contributed by atoms with Gasteiger partial charge in [0.05, 0.1) is 10.0 Å². The van der Waals surface area contributed by atoms with Gasteiger partial charge in [-0.25, -0.2) is 4.79 Å². The fourth-order valence-corrected chi connectivity index (χ4v) is 3.59. The number of phenolic OH excluding ortho intramolecular Hbond substituents is 1. The second-order valence-electron chi connectivity index (χ2n) is 5.63. The van der Waals surface area contributed by atoms with Gasteiger partial charge in [-0.15, -0.1) is 0 Å². The van der Waals surface area contributed by atoms with Crippen molar-refractivity contribution in [2.24, 2.45) is 5.92 Å². The van der Waals surface area contributed by atoms with Crippen LogP contribution in [0.5, 0.6) is 5.75 Å². The number of piperidine rings is 3. The predicted octanol–water partition coefficient (Wildman–Crippen LogP) is 2.91. The lowest BCUT2D eigenvalue weighted by Crippen LogP contribution is -2.57. The lowest BCUT2D eigenvalue weighted by atomic mass is 9.84. The Morgan fingerprint density at radius 2 is 1.86 bits per heavy atom. The molecule has 7 heteroatoms. The van der Waals surface area contributed by atoms with E-state index in [1.807, 2.05) is 0 Å². The summed E-state index contributed by atoms with van der Waals surface area (Å²) in [6.45, 7) is 3.18. The smallest absolute Gasteiger partial charge is 0.319 e. The highest BCUT2D eigenvalue weighted by molar-refractivity contribution is 6.37. The summed E-state index contributed by atoms with van der Waals surface area (Å²) in [5.41, 5.74) is 0.460. The molecule has 3 saturated heterocycles. The fourth-order valence-electron chi connectivity index (χ4n) is 3.10. The molecule has 1 aromatic rings. The number of phenols is 1. The summed E-state index contributed by atoms with van der Waals surface area (Å²) in [4.78, 5) is 14.4. The summed E-state index contributed by atoms with van der Waals surface area (Å²) in [6, 6.07) is 2.86. The Morgan fingerprint density at radius 3 is 2.38 bits per heavy atom. The first-order valence-electron chi connectivity index (χ1n) is 7.01. The van der Waals surface area contributed by atoms with Crippen molar-refractivity contribution in [2.45, 2.75) is 18.9 Å². The molecule has 0 spiro atoms. The zero-order chi connectivity index (χ0) is 15.0. The van der Waals surface area contributed by atoms with Gasteiger partial charge in [0.1, 0.15) is 0 Å². The van der Waals surface area contributed by atoms with E-state index in [0.29, 0.717) is 11.6 Å². The minimum absolute atomic E-state index is 0.112. The standard InChI is InChI=1S/C14H17Cl2N3O2/c15-10-5-9(6-11(16)13(10)20)17-14(21)18-12-7-19-3-1-8(12)2-4-19/h5-6,8,12,20H,1-4,7H2,(H2,17,18,21). The SMILES string of the molecule is O=C(Nc1cc(Cl)c(O)c(Cl)c1)NC1CN2CCC1CC2. The van der Waals surface area contributed by atoms with E-state index >= 15 is 0 Å². The average molecular weight is 330 g/mol. The molecule has 114 valence electrons. The largest absolute Gasteiger partial charge is 0.505 e. The number of halogens is 2. The number of hydrogen-bond acceptors (Lipinski definition) is 3. The molecule has 0 aromatic heterocycles. The highest BCUT2D eigenvalue weighted by atomic mass is 35.5. The van der Waals surface area contributed by atoms with Gasteiger partial charge in [-0.3, -0.25) is 0 Å². The molecule has 0 radical (unpaired) electrons. The molecule has 21 heavy (non-hydrogen) atoms. The molecule has 3 aliphatic rings. The molecule has 2 amide bonds. The predicted molar refractivity (Wildman–Crippen MR) is 83.2 cm³/mol. The van der Waals surface area contributed by atoms with Crippen LogP contribution in [0.2, 0.25) is 10.0 Å². The summed E-state index contributed by atoms with van der Waals surface area (Å²) in [5, 5.41) is 15.4. The molecule has 3 N–H and O–H groups in total. The molecule has 3 heterocycles. The van der Waals surface area contributed by atoms with Gasteiger partial charge < -0.3 is 20.6 Å². The minimum Gasteiger partial charge on any atom is -0.505 e. The number of nitrogens with zero attached hydrogens (tertiary/aromatic N) is 1. The second kappa shape index (κ2) is 5.91. The van der Waals surface area contributed by atoms with E-state index in [9.17, 15) is 9.90 Å². The molecule has 5 nitrogen and oxygen atoms in total. The Labute approximate surface area is 133 Å². The highest BCUT2D eigenvalue weighted by Crippen LogP contribution is 2.34. The molecule has 1 aromatic carbocycles. The first kappa shape index (κ1) is 14.8. The Bertz CT molecular complexity index is 536. The quantitative estimate of drug-likeness (QED) is 0.731. The molecular weight excluding hydrogens is 313 g/mol. The van der Waals surface area contributed by atoms with E-state index in [0.717, 1.165) is 32.5 Å². The number of carbonyl (C=O) groups excluding carboxylic acids is 1. The van der Waals surface area contributed by atoms with Gasteiger partial charge in [-0.05, 0) is 44.0 Å². The van der Waals surface area contributed by atoms with Crippen LogP contribution in [0.4, 0.5) is 10.5 Å². The first-order chi connectivity index (χ1) is 10.0. The third kappa shape index (κ3) is 3.20. The maximum absolute atomic E-state index is 12.1. The van der Waals surface area contributed by atoms with Gasteiger partial charge in [0.2, 0.25) is 0 Å². The van der Waals surface area contributed by atoms with Gasteiger partial charge in [0, 0.05) is 18.3 Å². The minimum atomic E-state index is -0.272. The number of rotatable bonds is 2. The van der Waals surface area contributed by atoms with E-state index in [4.69, 9.17) is 23.2 Å². The van der Waals surface area contributed by atoms with Gasteiger partial charge >= 0.3 is 6.03 Å². The van der Waals surface area contributed by atoms with Crippen LogP contribution < -0.4 is 10.6 Å². The van der Waals surface area contributed by atoms with Crippen LogP contribution in [0.25, 0.3) is 0 Å². The highest BCUT2D eigenvalue weighted by Gasteiger charge is 2.34. The fraction of sp³-hybridized carbons (Fsp3) is 0.500. The number of fused-ring (bicyclic) bond motifs is 3. The van der Waals surface area contributed by atoms with E-state index < -0.39 is 0 Å². The monoisotopic (exact) mass is 329 g/mol. The molecule has 1 atom stereocenters. The van der Waals surface area contributed by atoms with Crippen molar-refractivity contribution >= 4 is 34.9 Å². The number of amides is 2. The van der Waals surface area contributed by atoms with Crippen LogP contribution in [0.15, 0.2) is 12.1 Å². The van der Waals surface area contributed by atoms with Crippen molar-refractivity contribution in [3.8, 4) is 5.75 Å². The van der Waals surface area contributed by atoms with E-state index in [2.05, 4.69) is 15.5 Å². The van der Waals surface area contributed by atoms with Crippen molar-refractivity contribution in [1.82, 2.24) is 10.2 Å². The van der Waals surface area contributed by atoms with Crippen LogP contribution >= 0.6 is 23.2 Å². The van der Waals surface area contributed by atoms with E-state index in [-0.39, 0.29) is 27.9 Å². The van der Waals surface area contributed by atoms with E-state index in [1.54, 1.807) is 0 Å². The number of urea groups is 1. The van der Waals surface area contributed by atoms with Gasteiger partial charge in [0.15, 0.2) is 5.75 Å². The molecule has 3 aliphatic heterocycles. The van der Waals surface area contributed by atoms with Crippen LogP contribution in [0, 0.1) is 5.92 Å². The summed E-state index contributed by atoms with van der Waals surface area (Å²) in [5.74, 6) is 0.384. The molecule has 4 rings (SSSR count). The molecule has 2 bridgehead atoms. The summed E-state index contributed by atoms with van der Waals surface area (Å²) in [7, 11) is 0. The third-order valence-electron chi connectivity index (χ3n) is 4.25. The number of carbonyl (C=O) groups is 1. The summed E-state index contributed by atoms with van der Waals surface area (Å²) >= 11 is 11.7. The van der Waals surface area contributed by atoms with Crippen molar-refractivity contribution in [1.29, 1.82) is 0 Å². The number of benzene rings is 1. The number of anilines is 1. The third-order valence-corrected chi connectivity index (χ3v) is 4.82. The normalized spacial score (nSPS) is 27.4. The van der Waals surface area contributed by atoms with Gasteiger partial charge in [0.25, 0.3) is 0 Å². The molecule has 3 fully saturated rings. The Hall–Kier alpha value is -1.17. The molecule has 0 saturated carbocycles. The average Bonchev–Trinajstić information content (AvgIpc) is 2.46. The van der Waals surface area contributed by atoms with Crippen LogP contribution in [0.1, 0.15) is 12.8 Å². The second-order valence-corrected chi connectivity index (χ2v) is 6.45. The molecule has 0 aliphatic carbocycles. The van der Waals surface area contributed by atoms with Crippen molar-refractivity contribution in [2.75, 3.05) is 25.0 Å². The number of nitrogens with one attached hydrogen (secondary N) is 2. The number of hydrogen-bond donors (Lipinski definition) is 3. The Morgan fingerprint density at radius 1 is 1.24 bits per heavy atom. The topological polar surface area (TPSA) is 64.6 Å². The lowest BCUT2D eigenvalue weighted by molar-refractivity contribution is 0.0777. The molecule has 1 unspecified atom stereocenters. The Balaban J connectivity index is 1.62. The van der Waals surface area contributed by atoms with Crippen molar-refractivity contribution in [3.63, 3.8) is 0 Å². The van der Waals surface area contributed by atoms with Gasteiger partial charge in [-0.2, -0.15) is 0 Å². The maximum Gasteiger partial charge on any atom is 0.319 e. The van der Waals surface area contributed by atoms with Crippen LogP contribution in [-0.4, -0.2) is 41.7 Å². The van der Waals surface area contributed by atoms with Crippen LogP contribution in [0.3, 0.4) is 0 Å². The zero-order valence-electron chi connectivity index (χ0n) is 11.4. The number of aromatic hydroxyl groups is 1. The summed E-state index contributed by atoms with van der Waals surface area (Å²) in [6.07, 6.45) is 2.28. The van der Waals surface area contributed by atoms with E-state index in [1.165, 1.54) is 12.1 Å². The summed E-state index contributed by atoms with van der Waals surface area (Å²) < 4.78 is 0.